The van der Waals surface area contributed by atoms with Gasteiger partial charge >= 0.3 is 5.97 Å². The van der Waals surface area contributed by atoms with Crippen LogP contribution in [0.2, 0.25) is 0 Å². The zero-order chi connectivity index (χ0) is 14.8. The van der Waals surface area contributed by atoms with Crippen LogP contribution < -0.4 is 0 Å². The normalized spacial score (nSPS) is 19.6. The Bertz CT molecular complexity index is 577. The van der Waals surface area contributed by atoms with Crippen LogP contribution in [0.15, 0.2) is 11.2 Å². The van der Waals surface area contributed by atoms with Crippen molar-refractivity contribution in [2.24, 2.45) is 0 Å². The van der Waals surface area contributed by atoms with Crippen LogP contribution in [-0.4, -0.2) is 59.8 Å². The molecule has 1 fully saturated rings. The molecule has 0 spiro atoms. The van der Waals surface area contributed by atoms with Gasteiger partial charge in [-0.1, -0.05) is 6.92 Å². The van der Waals surface area contributed by atoms with Gasteiger partial charge in [0, 0.05) is 19.7 Å². The van der Waals surface area contributed by atoms with Gasteiger partial charge in [0.2, 0.25) is 0 Å². The highest BCUT2D eigenvalue weighted by atomic mass is 32.2. The van der Waals surface area contributed by atoms with Gasteiger partial charge in [-0.2, -0.15) is 9.40 Å². The number of nitrogens with zero attached hydrogens (tertiary/aromatic N) is 2. The smallest absolute Gasteiger partial charge is 0.340 e. The average molecular weight is 303 g/mol. The highest BCUT2D eigenvalue weighted by Gasteiger charge is 2.32. The second-order valence-corrected chi connectivity index (χ2v) is 6.38. The predicted octanol–water partition coefficient (Wildman–Crippen LogP) is 0.298. The highest BCUT2D eigenvalue weighted by Crippen LogP contribution is 2.20. The molecule has 1 saturated heterocycles. The van der Waals surface area contributed by atoms with Gasteiger partial charge in [0.05, 0.1) is 12.3 Å². The molecule has 1 aromatic heterocycles. The maximum Gasteiger partial charge on any atom is 0.340 e. The summed E-state index contributed by atoms with van der Waals surface area (Å²) in [6.45, 7) is 2.78. The summed E-state index contributed by atoms with van der Waals surface area (Å²) in [5, 5.41) is 14.4. The third kappa shape index (κ3) is 2.84. The lowest BCUT2D eigenvalue weighted by atomic mass is 10.2. The van der Waals surface area contributed by atoms with Crippen molar-refractivity contribution in [1.82, 2.24) is 14.5 Å². The van der Waals surface area contributed by atoms with Gasteiger partial charge < -0.3 is 9.84 Å². The first-order chi connectivity index (χ1) is 9.46. The Kier molecular flexibility index (Phi) is 4.41. The summed E-state index contributed by atoms with van der Waals surface area (Å²) in [5.74, 6) is -1.33. The fourth-order valence-electron chi connectivity index (χ4n) is 2.17. The molecule has 2 rings (SSSR count). The first-order valence-electron chi connectivity index (χ1n) is 6.35. The molecule has 112 valence electrons. The number of H-pyrrole nitrogens is 1. The van der Waals surface area contributed by atoms with E-state index in [9.17, 15) is 13.2 Å². The molecule has 0 aromatic carbocycles. The van der Waals surface area contributed by atoms with Gasteiger partial charge in [0.1, 0.15) is 5.56 Å². The van der Waals surface area contributed by atoms with Crippen LogP contribution >= 0.6 is 0 Å². The molecular weight excluding hydrogens is 286 g/mol. The summed E-state index contributed by atoms with van der Waals surface area (Å²) in [4.78, 5) is 11.0. The number of carboxylic acid groups (broad SMARTS) is 1. The second-order valence-electron chi connectivity index (χ2n) is 4.51. The maximum absolute atomic E-state index is 12.5. The van der Waals surface area contributed by atoms with Crippen LogP contribution in [0, 0.1) is 0 Å². The van der Waals surface area contributed by atoms with Gasteiger partial charge in [0.25, 0.3) is 10.0 Å². The zero-order valence-electron chi connectivity index (χ0n) is 11.1. The van der Waals surface area contributed by atoms with Crippen molar-refractivity contribution >= 4 is 16.0 Å². The van der Waals surface area contributed by atoms with Gasteiger partial charge in [-0.3, -0.25) is 5.10 Å². The monoisotopic (exact) mass is 303 g/mol. The van der Waals surface area contributed by atoms with Crippen molar-refractivity contribution in [3.63, 3.8) is 0 Å². The molecule has 1 unspecified atom stereocenters. The van der Waals surface area contributed by atoms with Gasteiger partial charge in [-0.15, -0.1) is 0 Å². The van der Waals surface area contributed by atoms with E-state index < -0.39 is 16.0 Å². The Hall–Kier alpha value is -1.45. The Balaban J connectivity index is 2.26. The third-order valence-corrected chi connectivity index (χ3v) is 5.13. The van der Waals surface area contributed by atoms with Gasteiger partial charge in [-0.25, -0.2) is 13.2 Å². The molecular formula is C11H17N3O5S. The number of carbonyl (C=O) groups is 1. The molecule has 20 heavy (non-hydrogen) atoms. The van der Waals surface area contributed by atoms with E-state index in [0.29, 0.717) is 6.61 Å². The minimum atomic E-state index is -3.92. The summed E-state index contributed by atoms with van der Waals surface area (Å²) < 4.78 is 31.6. The van der Waals surface area contributed by atoms with E-state index in [1.807, 2.05) is 0 Å². The third-order valence-electron chi connectivity index (χ3n) is 3.22. The minimum Gasteiger partial charge on any atom is -0.478 e. The van der Waals surface area contributed by atoms with Crippen molar-refractivity contribution in [2.75, 3.05) is 19.7 Å². The molecule has 2 N–H and O–H groups in total. The van der Waals surface area contributed by atoms with Gasteiger partial charge in [-0.05, 0) is 12.8 Å². The van der Waals surface area contributed by atoms with E-state index in [1.54, 1.807) is 6.92 Å². The molecule has 1 aliphatic heterocycles. The van der Waals surface area contributed by atoms with Crippen molar-refractivity contribution in [1.29, 1.82) is 0 Å². The number of ether oxygens (including phenoxy) is 1. The lowest BCUT2D eigenvalue weighted by molar-refractivity contribution is 0.0692. The van der Waals surface area contributed by atoms with E-state index in [4.69, 9.17) is 9.84 Å². The summed E-state index contributed by atoms with van der Waals surface area (Å²) in [6, 6.07) is 0. The molecule has 0 aliphatic carbocycles. The molecule has 1 aromatic rings. The maximum atomic E-state index is 12.5. The van der Waals surface area contributed by atoms with Gasteiger partial charge in [0.15, 0.2) is 5.03 Å². The van der Waals surface area contributed by atoms with Crippen molar-refractivity contribution in [3.05, 3.63) is 11.8 Å². The standard InChI is InChI=1S/C11H17N3O5S/c1-2-14(7-8-4-3-5-19-8)20(17,18)10-9(11(15)16)6-12-13-10/h6,8H,2-5,7H2,1H3,(H,12,13)(H,15,16). The van der Waals surface area contributed by atoms with Crippen molar-refractivity contribution in [3.8, 4) is 0 Å². The summed E-state index contributed by atoms with van der Waals surface area (Å²) in [5.41, 5.74) is -0.351. The van der Waals surface area contributed by atoms with Crippen LogP contribution in [0.1, 0.15) is 30.1 Å². The molecule has 9 heteroatoms. The van der Waals surface area contributed by atoms with Crippen LogP contribution in [-0.2, 0) is 14.8 Å². The van der Waals surface area contributed by atoms with E-state index in [-0.39, 0.29) is 29.8 Å². The highest BCUT2D eigenvalue weighted by molar-refractivity contribution is 7.89. The zero-order valence-corrected chi connectivity index (χ0v) is 11.9. The Morgan fingerprint density at radius 3 is 2.95 bits per heavy atom. The van der Waals surface area contributed by atoms with E-state index in [2.05, 4.69) is 10.2 Å². The van der Waals surface area contributed by atoms with E-state index >= 15 is 0 Å². The van der Waals surface area contributed by atoms with Crippen LogP contribution in [0.3, 0.4) is 0 Å². The first-order valence-corrected chi connectivity index (χ1v) is 7.79. The molecule has 0 saturated carbocycles. The van der Waals surface area contributed by atoms with Crippen LogP contribution in [0.4, 0.5) is 0 Å². The molecule has 0 amide bonds. The minimum absolute atomic E-state index is 0.138. The quantitative estimate of drug-likeness (QED) is 0.781. The lowest BCUT2D eigenvalue weighted by Crippen LogP contribution is -2.38. The predicted molar refractivity (Wildman–Crippen MR) is 69.0 cm³/mol. The molecule has 1 aliphatic rings. The number of sulfonamides is 1. The Morgan fingerprint density at radius 2 is 2.40 bits per heavy atom. The number of carboxylic acids is 1. The molecule has 0 radical (unpaired) electrons. The number of rotatable bonds is 6. The largest absolute Gasteiger partial charge is 0.478 e. The van der Waals surface area contributed by atoms with Crippen molar-refractivity contribution in [2.45, 2.75) is 30.9 Å². The van der Waals surface area contributed by atoms with Crippen LogP contribution in [0.25, 0.3) is 0 Å². The first kappa shape index (κ1) is 14.9. The Labute approximate surface area is 116 Å². The number of nitrogens with one attached hydrogen (secondary N) is 1. The van der Waals surface area contributed by atoms with E-state index in [1.165, 1.54) is 4.31 Å². The number of hydrogen-bond donors (Lipinski definition) is 2. The topological polar surface area (TPSA) is 113 Å². The number of aromatic amines is 1. The fraction of sp³-hybridized carbons (Fsp3) is 0.636. The SMILES string of the molecule is CCN(CC1CCCO1)S(=O)(=O)c1[nH]ncc1C(=O)O. The number of aromatic carboxylic acids is 1. The van der Waals surface area contributed by atoms with Crippen molar-refractivity contribution < 1.29 is 23.1 Å². The molecule has 2 heterocycles. The number of likely N-dealkylation sites (N-methyl/N-ethyl adjacent to an activating group) is 1. The van der Waals surface area contributed by atoms with Crippen LogP contribution in [0.5, 0.6) is 0 Å². The fourth-order valence-corrected chi connectivity index (χ4v) is 3.71. The average Bonchev–Trinajstić information content (AvgIpc) is 3.06. The number of hydrogen-bond acceptors (Lipinski definition) is 5. The number of aromatic nitrogens is 2. The second kappa shape index (κ2) is 5.90. The Morgan fingerprint density at radius 1 is 1.65 bits per heavy atom. The molecule has 8 nitrogen and oxygen atoms in total. The summed E-state index contributed by atoms with van der Waals surface area (Å²) in [7, 11) is -3.92. The summed E-state index contributed by atoms with van der Waals surface area (Å²) in [6.07, 6.45) is 2.57. The summed E-state index contributed by atoms with van der Waals surface area (Å²) >= 11 is 0. The molecule has 0 bridgehead atoms. The lowest BCUT2D eigenvalue weighted by Gasteiger charge is -2.22. The van der Waals surface area contributed by atoms with E-state index in [0.717, 1.165) is 19.0 Å². The molecule has 1 atom stereocenters.